The second-order valence-corrected chi connectivity index (χ2v) is 6.52. The Morgan fingerprint density at radius 1 is 1.26 bits per heavy atom. The van der Waals surface area contributed by atoms with Crippen LogP contribution in [0.15, 0.2) is 24.3 Å². The quantitative estimate of drug-likeness (QED) is 0.838. The fraction of sp³-hybridized carbons (Fsp3) is 0.556. The number of amides is 2. The molecule has 5 nitrogen and oxygen atoms in total. The maximum Gasteiger partial charge on any atom is 0.239 e. The highest BCUT2D eigenvalue weighted by molar-refractivity contribution is 5.85. The van der Waals surface area contributed by atoms with Crippen LogP contribution in [-0.2, 0) is 16.0 Å². The van der Waals surface area contributed by atoms with E-state index in [1.54, 1.807) is 0 Å². The first-order valence-corrected chi connectivity index (χ1v) is 8.31. The lowest BCUT2D eigenvalue weighted by atomic mass is 9.87. The second-order valence-electron chi connectivity index (χ2n) is 6.52. The Labute approximate surface area is 138 Å². The topological polar surface area (TPSA) is 61.4 Å². The van der Waals surface area contributed by atoms with Gasteiger partial charge in [0.25, 0.3) is 0 Å². The van der Waals surface area contributed by atoms with Gasteiger partial charge in [0.15, 0.2) is 0 Å². The highest BCUT2D eigenvalue weighted by Crippen LogP contribution is 2.33. The minimum Gasteiger partial charge on any atom is -0.352 e. The molecular formula is C18H27N3O2. The van der Waals surface area contributed by atoms with E-state index in [1.807, 2.05) is 20.9 Å². The summed E-state index contributed by atoms with van der Waals surface area (Å²) in [5.74, 6) is -0.270. The molecule has 23 heavy (non-hydrogen) atoms. The molecule has 0 radical (unpaired) electrons. The average molecular weight is 317 g/mol. The van der Waals surface area contributed by atoms with Crippen LogP contribution in [0.25, 0.3) is 0 Å². The van der Waals surface area contributed by atoms with E-state index in [1.165, 1.54) is 11.1 Å². The van der Waals surface area contributed by atoms with Gasteiger partial charge in [-0.2, -0.15) is 0 Å². The molecule has 1 aromatic carbocycles. The number of nitrogens with one attached hydrogen (secondary N) is 2. The summed E-state index contributed by atoms with van der Waals surface area (Å²) >= 11 is 0. The number of carbonyl (C=O) groups is 2. The fourth-order valence-corrected chi connectivity index (χ4v) is 3.13. The van der Waals surface area contributed by atoms with Crippen molar-refractivity contribution < 1.29 is 9.59 Å². The van der Waals surface area contributed by atoms with E-state index in [2.05, 4.69) is 39.8 Å². The third-order valence-electron chi connectivity index (χ3n) is 4.16. The molecule has 5 heteroatoms. The Balaban J connectivity index is 1.86. The first-order valence-electron chi connectivity index (χ1n) is 8.31. The molecule has 0 saturated carbocycles. The Kier molecular flexibility index (Phi) is 6.16. The highest BCUT2D eigenvalue weighted by Gasteiger charge is 2.24. The van der Waals surface area contributed by atoms with Crippen LogP contribution in [-0.4, -0.2) is 42.9 Å². The molecule has 0 fully saturated rings. The summed E-state index contributed by atoms with van der Waals surface area (Å²) in [6, 6.07) is 8.81. The first kappa shape index (κ1) is 17.5. The predicted octanol–water partition coefficient (Wildman–Crippen LogP) is 1.64. The van der Waals surface area contributed by atoms with Crippen molar-refractivity contribution in [2.24, 2.45) is 0 Å². The molecule has 0 saturated heterocycles. The first-order chi connectivity index (χ1) is 11.0. The van der Waals surface area contributed by atoms with Crippen molar-refractivity contribution in [3.05, 3.63) is 35.4 Å². The van der Waals surface area contributed by atoms with Gasteiger partial charge in [0, 0.05) is 12.1 Å². The number of aryl methyl sites for hydroxylation is 1. The van der Waals surface area contributed by atoms with Crippen LogP contribution in [0.1, 0.15) is 43.9 Å². The van der Waals surface area contributed by atoms with Crippen LogP contribution in [0, 0.1) is 0 Å². The van der Waals surface area contributed by atoms with E-state index < -0.39 is 0 Å². The van der Waals surface area contributed by atoms with Crippen LogP contribution < -0.4 is 10.6 Å². The Morgan fingerprint density at radius 2 is 2.00 bits per heavy atom. The van der Waals surface area contributed by atoms with Gasteiger partial charge in [-0.15, -0.1) is 0 Å². The van der Waals surface area contributed by atoms with Crippen LogP contribution in [0.4, 0.5) is 0 Å². The van der Waals surface area contributed by atoms with Gasteiger partial charge in [-0.05, 0) is 51.3 Å². The molecular weight excluding hydrogens is 290 g/mol. The molecule has 0 bridgehead atoms. The summed E-state index contributed by atoms with van der Waals surface area (Å²) < 4.78 is 0. The minimum absolute atomic E-state index is 0.0338. The Bertz CT molecular complexity index is 557. The zero-order valence-corrected chi connectivity index (χ0v) is 14.3. The van der Waals surface area contributed by atoms with Crippen molar-refractivity contribution in [1.29, 1.82) is 0 Å². The second kappa shape index (κ2) is 8.11. The Morgan fingerprint density at radius 3 is 2.74 bits per heavy atom. The number of nitrogens with zero attached hydrogens (tertiary/aromatic N) is 1. The average Bonchev–Trinajstić information content (AvgIpc) is 2.51. The monoisotopic (exact) mass is 317 g/mol. The molecule has 0 aliphatic heterocycles. The van der Waals surface area contributed by atoms with E-state index in [4.69, 9.17) is 0 Å². The lowest BCUT2D eigenvalue weighted by Crippen LogP contribution is -2.43. The summed E-state index contributed by atoms with van der Waals surface area (Å²) in [6.07, 6.45) is 3.32. The molecule has 1 aliphatic rings. The number of likely N-dealkylation sites (N-methyl/N-ethyl adjacent to an activating group) is 1. The minimum atomic E-state index is -0.154. The maximum atomic E-state index is 12.1. The fourth-order valence-electron chi connectivity index (χ4n) is 3.13. The number of hydrogen-bond acceptors (Lipinski definition) is 3. The van der Waals surface area contributed by atoms with Gasteiger partial charge in [-0.3, -0.25) is 14.5 Å². The van der Waals surface area contributed by atoms with Gasteiger partial charge in [0.2, 0.25) is 11.8 Å². The van der Waals surface area contributed by atoms with Crippen LogP contribution in [0.5, 0.6) is 0 Å². The third kappa shape index (κ3) is 5.06. The number of benzene rings is 1. The van der Waals surface area contributed by atoms with Crippen molar-refractivity contribution in [3.63, 3.8) is 0 Å². The molecule has 2 N–H and O–H groups in total. The number of carbonyl (C=O) groups excluding carboxylic acids is 2. The lowest BCUT2D eigenvalue weighted by Gasteiger charge is -2.32. The van der Waals surface area contributed by atoms with Gasteiger partial charge in [-0.1, -0.05) is 24.3 Å². The van der Waals surface area contributed by atoms with E-state index >= 15 is 0 Å². The molecule has 1 aromatic rings. The summed E-state index contributed by atoms with van der Waals surface area (Å²) in [6.45, 7) is 4.13. The lowest BCUT2D eigenvalue weighted by molar-refractivity contribution is -0.127. The highest BCUT2D eigenvalue weighted by atomic mass is 16.2. The summed E-state index contributed by atoms with van der Waals surface area (Å²) in [5.41, 5.74) is 2.71. The van der Waals surface area contributed by atoms with Crippen molar-refractivity contribution in [3.8, 4) is 0 Å². The molecule has 1 aliphatic carbocycles. The van der Waals surface area contributed by atoms with Crippen molar-refractivity contribution in [2.45, 2.75) is 45.2 Å². The molecule has 126 valence electrons. The van der Waals surface area contributed by atoms with Gasteiger partial charge >= 0.3 is 0 Å². The van der Waals surface area contributed by atoms with Crippen LogP contribution in [0.2, 0.25) is 0 Å². The normalized spacial score (nSPS) is 17.0. The smallest absolute Gasteiger partial charge is 0.239 e. The molecule has 0 heterocycles. The van der Waals surface area contributed by atoms with Gasteiger partial charge in [-0.25, -0.2) is 0 Å². The van der Waals surface area contributed by atoms with Crippen LogP contribution in [0.3, 0.4) is 0 Å². The standard InChI is InChI=1S/C18H27N3O2/c1-13(2)20-17(22)11-19-18(23)12-21(3)16-10-6-8-14-7-4-5-9-15(14)16/h4-5,7,9,13,16H,6,8,10-12H2,1-3H3,(H,19,23)(H,20,22)/t16-/m0/s1. The summed E-state index contributed by atoms with van der Waals surface area (Å²) in [5, 5.41) is 5.45. The third-order valence-corrected chi connectivity index (χ3v) is 4.16. The predicted molar refractivity (Wildman–Crippen MR) is 91.0 cm³/mol. The zero-order valence-electron chi connectivity index (χ0n) is 14.3. The van der Waals surface area contributed by atoms with E-state index in [0.29, 0.717) is 6.54 Å². The summed E-state index contributed by atoms with van der Waals surface area (Å²) in [4.78, 5) is 25.7. The number of rotatable bonds is 6. The molecule has 0 spiro atoms. The SMILES string of the molecule is CC(C)NC(=O)CNC(=O)CN(C)[C@H]1CCCc2ccccc21. The molecule has 2 rings (SSSR count). The number of fused-ring (bicyclic) bond motifs is 1. The summed E-state index contributed by atoms with van der Waals surface area (Å²) in [7, 11) is 1.97. The molecule has 2 amide bonds. The largest absolute Gasteiger partial charge is 0.352 e. The molecule has 0 unspecified atom stereocenters. The van der Waals surface area contributed by atoms with Crippen molar-refractivity contribution in [1.82, 2.24) is 15.5 Å². The van der Waals surface area contributed by atoms with E-state index in [0.717, 1.165) is 19.3 Å². The van der Waals surface area contributed by atoms with Gasteiger partial charge < -0.3 is 10.6 Å². The van der Waals surface area contributed by atoms with E-state index in [9.17, 15) is 9.59 Å². The van der Waals surface area contributed by atoms with Crippen LogP contribution >= 0.6 is 0 Å². The van der Waals surface area contributed by atoms with Crippen molar-refractivity contribution >= 4 is 11.8 Å². The van der Waals surface area contributed by atoms with Crippen molar-refractivity contribution in [2.75, 3.05) is 20.1 Å². The molecule has 0 aromatic heterocycles. The van der Waals surface area contributed by atoms with E-state index in [-0.39, 0.29) is 30.4 Å². The van der Waals surface area contributed by atoms with Gasteiger partial charge in [0.05, 0.1) is 13.1 Å². The Hall–Kier alpha value is -1.88. The molecule has 1 atom stereocenters. The zero-order chi connectivity index (χ0) is 16.8. The number of hydrogen-bond donors (Lipinski definition) is 2. The maximum absolute atomic E-state index is 12.1. The van der Waals surface area contributed by atoms with Gasteiger partial charge in [0.1, 0.15) is 0 Å².